The number of likely N-dealkylation sites (N-methyl/N-ethyl adjacent to an activating group) is 2. The second-order valence-electron chi connectivity index (χ2n) is 7.09. The van der Waals surface area contributed by atoms with E-state index in [-0.39, 0.29) is 17.7 Å². The molecule has 0 bridgehead atoms. The molecule has 1 aromatic heterocycles. The van der Waals surface area contributed by atoms with E-state index in [1.807, 2.05) is 47.2 Å². The van der Waals surface area contributed by atoms with Crippen molar-refractivity contribution in [2.24, 2.45) is 5.92 Å². The van der Waals surface area contributed by atoms with Gasteiger partial charge in [0.2, 0.25) is 11.8 Å². The summed E-state index contributed by atoms with van der Waals surface area (Å²) in [5.74, 6) is -0.0804. The summed E-state index contributed by atoms with van der Waals surface area (Å²) in [7, 11) is 1.76. The average molecular weight is 380 g/mol. The minimum Gasteiger partial charge on any atom is -0.341 e. The summed E-state index contributed by atoms with van der Waals surface area (Å²) in [6.45, 7) is 4.57. The van der Waals surface area contributed by atoms with Crippen LogP contribution in [0.1, 0.15) is 12.5 Å². The van der Waals surface area contributed by atoms with Gasteiger partial charge in [0.1, 0.15) is 0 Å². The third kappa shape index (κ3) is 4.57. The molecule has 2 amide bonds. The van der Waals surface area contributed by atoms with Crippen molar-refractivity contribution in [1.82, 2.24) is 20.1 Å². The van der Waals surface area contributed by atoms with Gasteiger partial charge in [-0.25, -0.2) is 0 Å². The zero-order chi connectivity index (χ0) is 19.9. The molecule has 6 heteroatoms. The van der Waals surface area contributed by atoms with Crippen molar-refractivity contribution in [3.8, 4) is 11.1 Å². The maximum Gasteiger partial charge on any atom is 0.236 e. The molecule has 0 saturated carbocycles. The van der Waals surface area contributed by atoms with Crippen LogP contribution in [0.2, 0.25) is 0 Å². The molecular formula is C22H28N4O2. The highest BCUT2D eigenvalue weighted by molar-refractivity contribution is 5.83. The molecule has 1 aromatic carbocycles. The number of nitrogens with one attached hydrogen (secondary N) is 1. The molecule has 0 spiro atoms. The van der Waals surface area contributed by atoms with E-state index >= 15 is 0 Å². The number of nitrogens with zero attached hydrogens (tertiary/aromatic N) is 3. The van der Waals surface area contributed by atoms with Crippen LogP contribution in [0.5, 0.6) is 0 Å². The van der Waals surface area contributed by atoms with E-state index in [1.54, 1.807) is 13.2 Å². The van der Waals surface area contributed by atoms with Crippen LogP contribution in [0, 0.1) is 5.92 Å². The SMILES string of the molecule is CCN1CCN(C(=O)CNC)C[C@H](Cc2ccccc2-c2cccnc2)C1=O. The van der Waals surface area contributed by atoms with Gasteiger partial charge in [0.15, 0.2) is 0 Å². The molecule has 28 heavy (non-hydrogen) atoms. The molecular weight excluding hydrogens is 352 g/mol. The molecule has 148 valence electrons. The van der Waals surface area contributed by atoms with Crippen LogP contribution in [-0.4, -0.2) is 66.4 Å². The van der Waals surface area contributed by atoms with Crippen molar-refractivity contribution in [2.75, 3.05) is 39.8 Å². The van der Waals surface area contributed by atoms with E-state index in [2.05, 4.69) is 22.4 Å². The molecule has 2 aromatic rings. The second-order valence-corrected chi connectivity index (χ2v) is 7.09. The summed E-state index contributed by atoms with van der Waals surface area (Å²) in [5.41, 5.74) is 3.23. The van der Waals surface area contributed by atoms with Crippen LogP contribution in [0.25, 0.3) is 11.1 Å². The van der Waals surface area contributed by atoms with E-state index in [1.165, 1.54) is 0 Å². The number of amides is 2. The fraction of sp³-hybridized carbons (Fsp3) is 0.409. The average Bonchev–Trinajstić information content (AvgIpc) is 2.88. The Morgan fingerprint density at radius 3 is 2.75 bits per heavy atom. The smallest absolute Gasteiger partial charge is 0.236 e. The summed E-state index contributed by atoms with van der Waals surface area (Å²) in [5, 5.41) is 2.92. The van der Waals surface area contributed by atoms with Crippen LogP contribution in [0.3, 0.4) is 0 Å². The fourth-order valence-electron chi connectivity index (χ4n) is 3.77. The van der Waals surface area contributed by atoms with E-state index < -0.39 is 0 Å². The van der Waals surface area contributed by atoms with Crippen LogP contribution in [0.15, 0.2) is 48.8 Å². The summed E-state index contributed by atoms with van der Waals surface area (Å²) in [6, 6.07) is 12.1. The third-order valence-electron chi connectivity index (χ3n) is 5.26. The maximum atomic E-state index is 13.1. The van der Waals surface area contributed by atoms with Crippen molar-refractivity contribution >= 4 is 11.8 Å². The molecule has 6 nitrogen and oxygen atoms in total. The van der Waals surface area contributed by atoms with Gasteiger partial charge in [0.25, 0.3) is 0 Å². The van der Waals surface area contributed by atoms with Crippen molar-refractivity contribution in [2.45, 2.75) is 13.3 Å². The highest BCUT2D eigenvalue weighted by Gasteiger charge is 2.31. The maximum absolute atomic E-state index is 13.1. The number of benzene rings is 1. The lowest BCUT2D eigenvalue weighted by atomic mass is 9.91. The van der Waals surface area contributed by atoms with Crippen molar-refractivity contribution in [1.29, 1.82) is 0 Å². The molecule has 0 aliphatic carbocycles. The topological polar surface area (TPSA) is 65.5 Å². The van der Waals surface area contributed by atoms with Crippen LogP contribution in [-0.2, 0) is 16.0 Å². The second kappa shape index (κ2) is 9.46. The Kier molecular flexibility index (Phi) is 6.76. The van der Waals surface area contributed by atoms with Crippen LogP contribution in [0.4, 0.5) is 0 Å². The zero-order valence-electron chi connectivity index (χ0n) is 16.6. The van der Waals surface area contributed by atoms with Gasteiger partial charge in [0, 0.05) is 44.1 Å². The van der Waals surface area contributed by atoms with Crippen molar-refractivity contribution in [3.63, 3.8) is 0 Å². The van der Waals surface area contributed by atoms with E-state index in [0.29, 0.717) is 39.1 Å². The van der Waals surface area contributed by atoms with E-state index in [9.17, 15) is 9.59 Å². The lowest BCUT2D eigenvalue weighted by Gasteiger charge is -2.24. The normalized spacial score (nSPS) is 17.5. The number of carbonyl (C=O) groups excluding carboxylic acids is 2. The van der Waals surface area contributed by atoms with Crippen molar-refractivity contribution in [3.05, 3.63) is 54.4 Å². The number of carbonyl (C=O) groups is 2. The summed E-state index contributed by atoms with van der Waals surface area (Å²) in [6.07, 6.45) is 4.20. The largest absolute Gasteiger partial charge is 0.341 e. The zero-order valence-corrected chi connectivity index (χ0v) is 16.6. The summed E-state index contributed by atoms with van der Waals surface area (Å²) >= 11 is 0. The van der Waals surface area contributed by atoms with Gasteiger partial charge in [-0.05, 0) is 37.6 Å². The van der Waals surface area contributed by atoms with Gasteiger partial charge in [-0.2, -0.15) is 0 Å². The van der Waals surface area contributed by atoms with Gasteiger partial charge in [-0.3, -0.25) is 14.6 Å². The monoisotopic (exact) mass is 380 g/mol. The molecule has 1 fully saturated rings. The molecule has 3 rings (SSSR count). The predicted molar refractivity (Wildman–Crippen MR) is 110 cm³/mol. The number of rotatable bonds is 6. The minimum atomic E-state index is -0.249. The summed E-state index contributed by atoms with van der Waals surface area (Å²) in [4.78, 5) is 33.5. The highest BCUT2D eigenvalue weighted by Crippen LogP contribution is 2.26. The fourth-order valence-corrected chi connectivity index (χ4v) is 3.77. The van der Waals surface area contributed by atoms with Crippen molar-refractivity contribution < 1.29 is 9.59 Å². The first-order chi connectivity index (χ1) is 13.6. The Balaban J connectivity index is 1.88. The van der Waals surface area contributed by atoms with Gasteiger partial charge < -0.3 is 15.1 Å². The van der Waals surface area contributed by atoms with E-state index in [0.717, 1.165) is 16.7 Å². The molecule has 1 N–H and O–H groups in total. The first-order valence-corrected chi connectivity index (χ1v) is 9.83. The molecule has 0 radical (unpaired) electrons. The Morgan fingerprint density at radius 1 is 1.21 bits per heavy atom. The Bertz CT molecular complexity index is 809. The lowest BCUT2D eigenvalue weighted by Crippen LogP contribution is -2.41. The molecule has 2 heterocycles. The number of hydrogen-bond donors (Lipinski definition) is 1. The Morgan fingerprint density at radius 2 is 2.04 bits per heavy atom. The third-order valence-corrected chi connectivity index (χ3v) is 5.26. The summed E-state index contributed by atoms with van der Waals surface area (Å²) < 4.78 is 0. The first-order valence-electron chi connectivity index (χ1n) is 9.83. The predicted octanol–water partition coefficient (Wildman–Crippen LogP) is 1.82. The van der Waals surface area contributed by atoms with Gasteiger partial charge in [-0.1, -0.05) is 30.3 Å². The standard InChI is InChI=1S/C22H28N4O2/c1-3-25-11-12-26(21(27)15-23-2)16-19(22(25)28)13-17-7-4-5-9-20(17)18-8-6-10-24-14-18/h4-10,14,19,23H,3,11-13,15-16H2,1-2H3/t19-/m0/s1. The molecule has 1 aliphatic heterocycles. The van der Waals surface area contributed by atoms with E-state index in [4.69, 9.17) is 0 Å². The van der Waals surface area contributed by atoms with Gasteiger partial charge in [-0.15, -0.1) is 0 Å². The number of aromatic nitrogens is 1. The molecule has 0 unspecified atom stereocenters. The van der Waals surface area contributed by atoms with Crippen LogP contribution >= 0.6 is 0 Å². The lowest BCUT2D eigenvalue weighted by molar-refractivity contribution is -0.134. The Labute approximate surface area is 166 Å². The van der Waals surface area contributed by atoms with Crippen LogP contribution < -0.4 is 5.32 Å². The molecule has 1 atom stereocenters. The molecule has 1 aliphatic rings. The highest BCUT2D eigenvalue weighted by atomic mass is 16.2. The quantitative estimate of drug-likeness (QED) is 0.830. The Hall–Kier alpha value is -2.73. The molecule has 1 saturated heterocycles. The van der Waals surface area contributed by atoms with Gasteiger partial charge in [0.05, 0.1) is 12.5 Å². The first kappa shape index (κ1) is 20.0. The number of pyridine rings is 1. The van der Waals surface area contributed by atoms with Gasteiger partial charge >= 0.3 is 0 Å². The number of hydrogen-bond acceptors (Lipinski definition) is 4. The minimum absolute atomic E-state index is 0.0406.